The maximum absolute atomic E-state index is 14.0. The van der Waals surface area contributed by atoms with Crippen molar-refractivity contribution in [1.29, 1.82) is 0 Å². The summed E-state index contributed by atoms with van der Waals surface area (Å²) >= 11 is 1.66. The maximum Gasteiger partial charge on any atom is 0.416 e. The van der Waals surface area contributed by atoms with Crippen LogP contribution in [0.1, 0.15) is 63.1 Å². The number of hydrogen-bond donors (Lipinski definition) is 1. The molecule has 6 rings (SSSR count). The highest BCUT2D eigenvalue weighted by Gasteiger charge is 2.38. The molecule has 0 radical (unpaired) electrons. The van der Waals surface area contributed by atoms with E-state index in [2.05, 4.69) is 11.0 Å². The Morgan fingerprint density at radius 1 is 1.16 bits per heavy atom. The van der Waals surface area contributed by atoms with Gasteiger partial charge in [-0.2, -0.15) is 13.2 Å². The highest BCUT2D eigenvalue weighted by Crippen LogP contribution is 2.44. The standard InChI is InChI=1S/C28H26F3NO4S/c29-28(30,31)23-5-3-21-20(22(23)13-32-9-7-16-8-10-37-26(16)14-32)4-6-24(21)36-18-1-2-19-17(11-27(33)34)15-35-25(19)12-18/h1-3,5,8,10,12,17,24H,4,6-7,9,11,13-15H2,(H,33,34)/t17?,24-/m1/s1. The van der Waals surface area contributed by atoms with Crippen LogP contribution in [0.25, 0.3) is 0 Å². The molecule has 2 aliphatic heterocycles. The fourth-order valence-corrected chi connectivity index (χ4v) is 6.80. The van der Waals surface area contributed by atoms with Gasteiger partial charge in [0.05, 0.1) is 18.6 Å². The summed E-state index contributed by atoms with van der Waals surface area (Å²) in [6.07, 6.45) is -2.79. The molecule has 1 aromatic heterocycles. The molecule has 2 aromatic carbocycles. The van der Waals surface area contributed by atoms with Crippen LogP contribution >= 0.6 is 11.3 Å². The smallest absolute Gasteiger partial charge is 0.416 e. The molecule has 0 amide bonds. The van der Waals surface area contributed by atoms with Gasteiger partial charge < -0.3 is 14.6 Å². The first-order chi connectivity index (χ1) is 17.8. The summed E-state index contributed by atoms with van der Waals surface area (Å²) in [7, 11) is 0. The quantitative estimate of drug-likeness (QED) is 0.404. The number of carboxylic acid groups (broad SMARTS) is 1. The molecule has 3 heterocycles. The highest BCUT2D eigenvalue weighted by atomic mass is 32.1. The van der Waals surface area contributed by atoms with Crippen LogP contribution in [0.3, 0.4) is 0 Å². The number of nitrogens with zero attached hydrogens (tertiary/aromatic N) is 1. The lowest BCUT2D eigenvalue weighted by Crippen LogP contribution is -2.30. The fraction of sp³-hybridized carbons (Fsp3) is 0.393. The van der Waals surface area contributed by atoms with Crippen LogP contribution in [-0.4, -0.2) is 29.1 Å². The molecular formula is C28H26F3NO4S. The summed E-state index contributed by atoms with van der Waals surface area (Å²) in [5.41, 5.74) is 3.51. The minimum absolute atomic E-state index is 0.00165. The van der Waals surface area contributed by atoms with Crippen molar-refractivity contribution in [2.75, 3.05) is 13.2 Å². The lowest BCUT2D eigenvalue weighted by Gasteiger charge is -2.29. The van der Waals surface area contributed by atoms with Gasteiger partial charge in [0.15, 0.2) is 0 Å². The van der Waals surface area contributed by atoms with Gasteiger partial charge in [-0.15, -0.1) is 11.3 Å². The Hall–Kier alpha value is -3.04. The zero-order valence-corrected chi connectivity index (χ0v) is 20.8. The molecule has 3 aliphatic rings. The number of halogens is 3. The van der Waals surface area contributed by atoms with Gasteiger partial charge in [0.25, 0.3) is 0 Å². The molecule has 0 fully saturated rings. The van der Waals surface area contributed by atoms with Gasteiger partial charge in [0.2, 0.25) is 0 Å². The Labute approximate surface area is 216 Å². The van der Waals surface area contributed by atoms with Gasteiger partial charge in [-0.25, -0.2) is 0 Å². The molecule has 1 N–H and O–H groups in total. The van der Waals surface area contributed by atoms with Crippen molar-refractivity contribution >= 4 is 17.3 Å². The number of thiophene rings is 1. The molecule has 0 saturated carbocycles. The van der Waals surface area contributed by atoms with Crippen molar-refractivity contribution in [3.05, 3.63) is 80.0 Å². The molecule has 1 aliphatic carbocycles. The fourth-order valence-electron chi connectivity index (χ4n) is 5.83. The molecule has 2 atom stereocenters. The van der Waals surface area contributed by atoms with Crippen molar-refractivity contribution in [3.63, 3.8) is 0 Å². The van der Waals surface area contributed by atoms with E-state index >= 15 is 0 Å². The molecular weight excluding hydrogens is 503 g/mol. The normalized spacial score (nSPS) is 20.7. The minimum Gasteiger partial charge on any atom is -0.492 e. The number of aliphatic carboxylic acids is 1. The lowest BCUT2D eigenvalue weighted by molar-refractivity contribution is -0.139. The van der Waals surface area contributed by atoms with Crippen molar-refractivity contribution in [2.45, 2.75) is 57.0 Å². The molecule has 37 heavy (non-hydrogen) atoms. The van der Waals surface area contributed by atoms with Gasteiger partial charge in [0.1, 0.15) is 17.6 Å². The van der Waals surface area contributed by atoms with Gasteiger partial charge in [-0.05, 0) is 65.1 Å². The number of alkyl halides is 3. The molecule has 194 valence electrons. The Kier molecular flexibility index (Phi) is 6.15. The van der Waals surface area contributed by atoms with E-state index < -0.39 is 17.7 Å². The molecule has 0 saturated heterocycles. The first-order valence-corrected chi connectivity index (χ1v) is 13.3. The predicted octanol–water partition coefficient (Wildman–Crippen LogP) is 6.34. The van der Waals surface area contributed by atoms with Crippen molar-refractivity contribution in [3.8, 4) is 11.5 Å². The van der Waals surface area contributed by atoms with Gasteiger partial charge >= 0.3 is 12.1 Å². The molecule has 1 unspecified atom stereocenters. The van der Waals surface area contributed by atoms with E-state index in [1.807, 2.05) is 11.4 Å². The third-order valence-corrected chi connectivity index (χ3v) is 8.57. The third-order valence-electron chi connectivity index (χ3n) is 7.62. The number of carbonyl (C=O) groups is 1. The van der Waals surface area contributed by atoms with Crippen LogP contribution < -0.4 is 9.47 Å². The van der Waals surface area contributed by atoms with Crippen LogP contribution in [0, 0.1) is 0 Å². The zero-order chi connectivity index (χ0) is 25.7. The Morgan fingerprint density at radius 2 is 2.00 bits per heavy atom. The predicted molar refractivity (Wildman–Crippen MR) is 132 cm³/mol. The first kappa shape index (κ1) is 24.3. The third kappa shape index (κ3) is 4.70. The number of hydrogen-bond acceptors (Lipinski definition) is 5. The summed E-state index contributed by atoms with van der Waals surface area (Å²) in [5, 5.41) is 11.2. The number of fused-ring (bicyclic) bond motifs is 3. The lowest BCUT2D eigenvalue weighted by atomic mass is 9.95. The number of ether oxygens (including phenoxy) is 2. The summed E-state index contributed by atoms with van der Waals surface area (Å²) in [6, 6.07) is 10.3. The van der Waals surface area contributed by atoms with Crippen LogP contribution in [-0.2, 0) is 36.9 Å². The Bertz CT molecular complexity index is 1350. The second-order valence-electron chi connectivity index (χ2n) is 9.94. The Morgan fingerprint density at radius 3 is 2.81 bits per heavy atom. The summed E-state index contributed by atoms with van der Waals surface area (Å²) in [6.45, 7) is 1.98. The van der Waals surface area contributed by atoms with Crippen LogP contribution in [0.4, 0.5) is 13.2 Å². The number of carboxylic acids is 1. The number of rotatable bonds is 6. The molecule has 5 nitrogen and oxygen atoms in total. The van der Waals surface area contributed by atoms with Crippen LogP contribution in [0.2, 0.25) is 0 Å². The maximum atomic E-state index is 14.0. The second kappa shape index (κ2) is 9.36. The second-order valence-corrected chi connectivity index (χ2v) is 10.9. The van der Waals surface area contributed by atoms with E-state index in [1.165, 1.54) is 16.5 Å². The van der Waals surface area contributed by atoms with E-state index in [0.29, 0.717) is 43.1 Å². The monoisotopic (exact) mass is 529 g/mol. The van der Waals surface area contributed by atoms with E-state index in [9.17, 15) is 18.0 Å². The molecule has 0 bridgehead atoms. The molecule has 0 spiro atoms. The van der Waals surface area contributed by atoms with Crippen molar-refractivity contribution in [1.82, 2.24) is 4.90 Å². The van der Waals surface area contributed by atoms with Gasteiger partial charge in [-0.1, -0.05) is 12.1 Å². The van der Waals surface area contributed by atoms with Gasteiger partial charge in [0, 0.05) is 42.1 Å². The van der Waals surface area contributed by atoms with E-state index in [-0.39, 0.29) is 25.0 Å². The highest BCUT2D eigenvalue weighted by molar-refractivity contribution is 7.10. The van der Waals surface area contributed by atoms with E-state index in [4.69, 9.17) is 14.6 Å². The minimum atomic E-state index is -4.42. The van der Waals surface area contributed by atoms with Crippen LogP contribution in [0.15, 0.2) is 41.8 Å². The van der Waals surface area contributed by atoms with Crippen molar-refractivity contribution in [2.24, 2.45) is 0 Å². The largest absolute Gasteiger partial charge is 0.492 e. The SMILES string of the molecule is O=C(O)CC1COc2cc(O[C@@H]3CCc4c3ccc(C(F)(F)F)c4CN3CCc4ccsc4C3)ccc21. The summed E-state index contributed by atoms with van der Waals surface area (Å²) in [5.74, 6) is 0.0966. The zero-order valence-electron chi connectivity index (χ0n) is 20.0. The molecule has 3 aromatic rings. The average Bonchev–Trinajstić information content (AvgIpc) is 3.57. The summed E-state index contributed by atoms with van der Waals surface area (Å²) < 4.78 is 54.1. The first-order valence-electron chi connectivity index (χ1n) is 12.4. The van der Waals surface area contributed by atoms with E-state index in [0.717, 1.165) is 29.7 Å². The average molecular weight is 530 g/mol. The van der Waals surface area contributed by atoms with Crippen molar-refractivity contribution < 1.29 is 32.5 Å². The van der Waals surface area contributed by atoms with E-state index in [1.54, 1.807) is 29.5 Å². The Balaban J connectivity index is 1.25. The van der Waals surface area contributed by atoms with Gasteiger partial charge in [-0.3, -0.25) is 9.69 Å². The molecule has 9 heteroatoms. The summed E-state index contributed by atoms with van der Waals surface area (Å²) in [4.78, 5) is 14.5. The number of benzene rings is 2. The van der Waals surface area contributed by atoms with Crippen LogP contribution in [0.5, 0.6) is 11.5 Å². The topological polar surface area (TPSA) is 59.0 Å².